The number of fused-ring (bicyclic) bond motifs is 2. The summed E-state index contributed by atoms with van der Waals surface area (Å²) in [6.45, 7) is 2.14. The fraction of sp³-hybridized carbons (Fsp3) is 0.130. The molecule has 0 saturated heterocycles. The molecule has 0 aromatic heterocycles. The highest BCUT2D eigenvalue weighted by atomic mass is 35.5. The van der Waals surface area contributed by atoms with E-state index in [1.165, 1.54) is 39.0 Å². The van der Waals surface area contributed by atoms with Gasteiger partial charge >= 0.3 is 0 Å². The molecule has 0 saturated carbocycles. The zero-order chi connectivity index (χ0) is 16.5. The lowest BCUT2D eigenvalue weighted by atomic mass is 9.92. The van der Waals surface area contributed by atoms with Gasteiger partial charge in [0.15, 0.2) is 0 Å². The van der Waals surface area contributed by atoms with Crippen molar-refractivity contribution in [2.75, 3.05) is 0 Å². The second kappa shape index (κ2) is 6.30. The summed E-state index contributed by atoms with van der Waals surface area (Å²) in [6, 6.07) is 23.7. The van der Waals surface area contributed by atoms with Crippen LogP contribution in [0.3, 0.4) is 0 Å². The molecule has 4 rings (SSSR count). The van der Waals surface area contributed by atoms with Gasteiger partial charge in [-0.2, -0.15) is 0 Å². The Hall–Kier alpha value is -2.31. The Morgan fingerprint density at radius 2 is 1.58 bits per heavy atom. The third-order valence-corrected chi connectivity index (χ3v) is 4.92. The summed E-state index contributed by atoms with van der Waals surface area (Å²) < 4.78 is 0. The molecule has 1 aliphatic carbocycles. The van der Waals surface area contributed by atoms with Crippen LogP contribution in [0, 0.1) is 6.92 Å². The summed E-state index contributed by atoms with van der Waals surface area (Å²) in [5.74, 6) is 0. The van der Waals surface area contributed by atoms with Crippen LogP contribution >= 0.6 is 11.6 Å². The predicted octanol–water partition coefficient (Wildman–Crippen LogP) is 6.34. The lowest BCUT2D eigenvalue weighted by molar-refractivity contribution is 0.965. The molecule has 0 atom stereocenters. The van der Waals surface area contributed by atoms with E-state index in [9.17, 15) is 0 Å². The maximum Gasteiger partial charge on any atom is 0.0409 e. The van der Waals surface area contributed by atoms with Crippen LogP contribution in [0.2, 0.25) is 5.02 Å². The Labute approximate surface area is 148 Å². The summed E-state index contributed by atoms with van der Waals surface area (Å²) in [4.78, 5) is 0. The van der Waals surface area contributed by atoms with Gasteiger partial charge in [-0.3, -0.25) is 0 Å². The van der Waals surface area contributed by atoms with Gasteiger partial charge in [0.05, 0.1) is 0 Å². The van der Waals surface area contributed by atoms with E-state index in [0.29, 0.717) is 0 Å². The summed E-state index contributed by atoms with van der Waals surface area (Å²) in [5.41, 5.74) is 9.18. The van der Waals surface area contributed by atoms with E-state index in [1.54, 1.807) is 0 Å². The first-order valence-corrected chi connectivity index (χ1v) is 8.74. The monoisotopic (exact) mass is 330 g/mol. The van der Waals surface area contributed by atoms with Crippen molar-refractivity contribution < 1.29 is 0 Å². The largest absolute Gasteiger partial charge is 0.0843 e. The summed E-state index contributed by atoms with van der Waals surface area (Å²) in [5, 5.41) is 0.814. The van der Waals surface area contributed by atoms with E-state index in [2.05, 4.69) is 73.7 Å². The fourth-order valence-corrected chi connectivity index (χ4v) is 3.72. The average Bonchev–Trinajstić information content (AvgIpc) is 2.73. The van der Waals surface area contributed by atoms with Crippen molar-refractivity contribution >= 4 is 23.3 Å². The van der Waals surface area contributed by atoms with Gasteiger partial charge in [-0.05, 0) is 71.4 Å². The minimum atomic E-state index is 0.814. The van der Waals surface area contributed by atoms with Crippen molar-refractivity contribution in [3.8, 4) is 0 Å². The first-order chi connectivity index (χ1) is 11.7. The molecule has 0 bridgehead atoms. The van der Waals surface area contributed by atoms with Crippen molar-refractivity contribution in [3.63, 3.8) is 0 Å². The quantitative estimate of drug-likeness (QED) is 0.488. The Kier molecular flexibility index (Phi) is 4.00. The van der Waals surface area contributed by atoms with Crippen molar-refractivity contribution in [1.82, 2.24) is 0 Å². The summed E-state index contributed by atoms with van der Waals surface area (Å²) in [7, 11) is 0. The van der Waals surface area contributed by atoms with Crippen LogP contribution in [-0.4, -0.2) is 0 Å². The molecule has 0 spiro atoms. The molecule has 1 aliphatic rings. The molecule has 0 radical (unpaired) electrons. The highest BCUT2D eigenvalue weighted by Crippen LogP contribution is 2.36. The molecule has 0 heterocycles. The van der Waals surface area contributed by atoms with Crippen molar-refractivity contribution in [2.24, 2.45) is 0 Å². The Bertz CT molecular complexity index is 934. The molecular weight excluding hydrogens is 312 g/mol. The average molecular weight is 331 g/mol. The van der Waals surface area contributed by atoms with Crippen LogP contribution in [0.15, 0.2) is 66.7 Å². The van der Waals surface area contributed by atoms with E-state index in [-0.39, 0.29) is 0 Å². The number of hydrogen-bond donors (Lipinski definition) is 0. The molecule has 0 fully saturated rings. The highest BCUT2D eigenvalue weighted by Gasteiger charge is 2.18. The van der Waals surface area contributed by atoms with E-state index < -0.39 is 0 Å². The zero-order valence-electron chi connectivity index (χ0n) is 13.7. The van der Waals surface area contributed by atoms with E-state index in [1.807, 2.05) is 6.07 Å². The van der Waals surface area contributed by atoms with Gasteiger partial charge in [-0.1, -0.05) is 71.8 Å². The van der Waals surface area contributed by atoms with Crippen LogP contribution in [0.1, 0.15) is 33.4 Å². The van der Waals surface area contributed by atoms with E-state index in [0.717, 1.165) is 17.9 Å². The minimum absolute atomic E-state index is 0.814. The van der Waals surface area contributed by atoms with Gasteiger partial charge < -0.3 is 0 Å². The van der Waals surface area contributed by atoms with Gasteiger partial charge in [0.1, 0.15) is 0 Å². The molecule has 118 valence electrons. The van der Waals surface area contributed by atoms with Gasteiger partial charge in [0.2, 0.25) is 0 Å². The number of aryl methyl sites for hydroxylation is 3. The van der Waals surface area contributed by atoms with Gasteiger partial charge in [0, 0.05) is 5.02 Å². The van der Waals surface area contributed by atoms with Gasteiger partial charge in [0.25, 0.3) is 0 Å². The highest BCUT2D eigenvalue weighted by molar-refractivity contribution is 6.30. The number of rotatable bonds is 1. The normalized spacial score (nSPS) is 14.8. The van der Waals surface area contributed by atoms with Crippen molar-refractivity contribution in [2.45, 2.75) is 19.8 Å². The topological polar surface area (TPSA) is 0 Å². The number of hydrogen-bond acceptors (Lipinski definition) is 0. The lowest BCUT2D eigenvalue weighted by Crippen LogP contribution is -1.92. The van der Waals surface area contributed by atoms with Crippen LogP contribution in [-0.2, 0) is 12.8 Å². The molecule has 0 unspecified atom stereocenters. The van der Waals surface area contributed by atoms with Gasteiger partial charge in [-0.15, -0.1) is 0 Å². The van der Waals surface area contributed by atoms with E-state index >= 15 is 0 Å². The maximum atomic E-state index is 6.25. The molecular formula is C23H19Cl. The Balaban J connectivity index is 1.97. The standard InChI is InChI=1S/C23H19Cl/c1-16-5-4-6-17(13-16)14-23-21-8-3-2-7-18(21)9-10-19-15-20(24)11-12-22(19)23/h2-8,11-15H,9-10H2,1H3. The molecule has 1 heteroatoms. The van der Waals surface area contributed by atoms with Crippen LogP contribution in [0.5, 0.6) is 0 Å². The zero-order valence-corrected chi connectivity index (χ0v) is 14.5. The lowest BCUT2D eigenvalue weighted by Gasteiger charge is -2.12. The van der Waals surface area contributed by atoms with Crippen molar-refractivity contribution in [3.05, 3.63) is 105 Å². The van der Waals surface area contributed by atoms with E-state index in [4.69, 9.17) is 11.6 Å². The SMILES string of the molecule is Cc1cccc(C=C2c3ccccc3CCc3cc(Cl)ccc32)c1. The van der Waals surface area contributed by atoms with Crippen LogP contribution in [0.4, 0.5) is 0 Å². The molecule has 3 aromatic rings. The third kappa shape index (κ3) is 2.90. The van der Waals surface area contributed by atoms with Gasteiger partial charge in [-0.25, -0.2) is 0 Å². The molecule has 0 nitrogen and oxygen atoms in total. The maximum absolute atomic E-state index is 6.25. The first kappa shape index (κ1) is 15.2. The van der Waals surface area contributed by atoms with Crippen LogP contribution < -0.4 is 0 Å². The molecule has 0 amide bonds. The molecule has 0 aliphatic heterocycles. The smallest absolute Gasteiger partial charge is 0.0409 e. The predicted molar refractivity (Wildman–Crippen MR) is 103 cm³/mol. The van der Waals surface area contributed by atoms with Crippen LogP contribution in [0.25, 0.3) is 11.6 Å². The Morgan fingerprint density at radius 1 is 0.792 bits per heavy atom. The minimum Gasteiger partial charge on any atom is -0.0843 e. The first-order valence-electron chi connectivity index (χ1n) is 8.36. The number of halogens is 1. The molecule has 0 N–H and O–H groups in total. The van der Waals surface area contributed by atoms with Crippen molar-refractivity contribution in [1.29, 1.82) is 0 Å². The second-order valence-corrected chi connectivity index (χ2v) is 6.87. The molecule has 24 heavy (non-hydrogen) atoms. The second-order valence-electron chi connectivity index (χ2n) is 6.43. The number of benzene rings is 3. The Morgan fingerprint density at radius 3 is 2.46 bits per heavy atom. The summed E-state index contributed by atoms with van der Waals surface area (Å²) in [6.07, 6.45) is 4.39. The molecule has 3 aromatic carbocycles. The fourth-order valence-electron chi connectivity index (χ4n) is 3.53. The third-order valence-electron chi connectivity index (χ3n) is 4.68. The summed E-state index contributed by atoms with van der Waals surface area (Å²) >= 11 is 6.25.